The summed E-state index contributed by atoms with van der Waals surface area (Å²) in [6, 6.07) is 74.8. The molecule has 0 atom stereocenters. The Balaban J connectivity index is 1.36. The highest BCUT2D eigenvalue weighted by Gasteiger charge is 2.39. The van der Waals surface area contributed by atoms with Crippen LogP contribution in [0.2, 0.25) is 0 Å². The SMILES string of the molecule is CC1(C)c2ccccc2B(c2ccccc2)c2cc3c(-c4ccccc4-c4ccccc4)cc(-c4ccccc4-c4ccccc4)c4ccc5ccc1c2c5c43. The van der Waals surface area contributed by atoms with Gasteiger partial charge in [0.1, 0.15) is 0 Å². The molecule has 262 valence electrons. The molecule has 0 bridgehead atoms. The molecule has 0 aromatic heterocycles. The first-order valence-electron chi connectivity index (χ1n) is 19.8. The molecule has 1 aliphatic heterocycles. The van der Waals surface area contributed by atoms with Crippen LogP contribution in [0.4, 0.5) is 0 Å². The highest BCUT2D eigenvalue weighted by molar-refractivity contribution is 6.97. The predicted molar refractivity (Wildman–Crippen MR) is 242 cm³/mol. The van der Waals surface area contributed by atoms with Gasteiger partial charge in [0.05, 0.1) is 0 Å². The van der Waals surface area contributed by atoms with Crippen molar-refractivity contribution in [1.29, 1.82) is 0 Å². The molecule has 56 heavy (non-hydrogen) atoms. The third-order valence-electron chi connectivity index (χ3n) is 12.6. The van der Waals surface area contributed by atoms with Crippen LogP contribution in [-0.4, -0.2) is 6.71 Å². The van der Waals surface area contributed by atoms with E-state index in [4.69, 9.17) is 0 Å². The quantitative estimate of drug-likeness (QED) is 0.123. The summed E-state index contributed by atoms with van der Waals surface area (Å²) in [6.45, 7) is 4.92. The molecule has 10 aromatic rings. The average Bonchev–Trinajstić information content (AvgIpc) is 3.34. The number of hydrogen-bond acceptors (Lipinski definition) is 0. The normalized spacial score (nSPS) is 13.3. The van der Waals surface area contributed by atoms with Crippen LogP contribution in [0.1, 0.15) is 25.0 Å². The van der Waals surface area contributed by atoms with Gasteiger partial charge < -0.3 is 0 Å². The smallest absolute Gasteiger partial charge is 0.0686 e. The van der Waals surface area contributed by atoms with Gasteiger partial charge in [0, 0.05) is 5.41 Å². The van der Waals surface area contributed by atoms with Crippen molar-refractivity contribution in [2.45, 2.75) is 19.3 Å². The molecule has 0 amide bonds. The molecule has 0 saturated heterocycles. The van der Waals surface area contributed by atoms with Crippen molar-refractivity contribution >= 4 is 55.4 Å². The van der Waals surface area contributed by atoms with E-state index >= 15 is 0 Å². The van der Waals surface area contributed by atoms with Crippen molar-refractivity contribution in [1.82, 2.24) is 0 Å². The zero-order valence-corrected chi connectivity index (χ0v) is 31.6. The summed E-state index contributed by atoms with van der Waals surface area (Å²) in [7, 11) is 0. The van der Waals surface area contributed by atoms with E-state index in [1.165, 1.54) is 104 Å². The van der Waals surface area contributed by atoms with E-state index in [9.17, 15) is 0 Å². The maximum Gasteiger partial charge on any atom is 0.242 e. The monoisotopic (exact) mass is 710 g/mol. The number of fused-ring (bicyclic) bond motifs is 1. The number of hydrogen-bond donors (Lipinski definition) is 0. The summed E-state index contributed by atoms with van der Waals surface area (Å²) >= 11 is 0. The maximum atomic E-state index is 2.59. The minimum absolute atomic E-state index is 0.0673. The van der Waals surface area contributed by atoms with Crippen molar-refractivity contribution in [2.75, 3.05) is 0 Å². The van der Waals surface area contributed by atoms with Gasteiger partial charge in [-0.1, -0.05) is 224 Å². The molecule has 0 spiro atoms. The lowest BCUT2D eigenvalue weighted by Gasteiger charge is -2.29. The first-order valence-corrected chi connectivity index (χ1v) is 19.8. The maximum absolute atomic E-state index is 2.59. The van der Waals surface area contributed by atoms with Crippen LogP contribution in [0.3, 0.4) is 0 Å². The fourth-order valence-corrected chi connectivity index (χ4v) is 10.0. The molecule has 0 nitrogen and oxygen atoms in total. The van der Waals surface area contributed by atoms with E-state index in [0.717, 1.165) is 0 Å². The highest BCUT2D eigenvalue weighted by atomic mass is 14.3. The first kappa shape index (κ1) is 32.7. The van der Waals surface area contributed by atoms with Gasteiger partial charge in [-0.25, -0.2) is 0 Å². The third-order valence-corrected chi connectivity index (χ3v) is 12.6. The van der Waals surface area contributed by atoms with E-state index in [1.54, 1.807) is 0 Å². The molecule has 1 heteroatoms. The lowest BCUT2D eigenvalue weighted by molar-refractivity contribution is 0.652. The molecule has 0 saturated carbocycles. The summed E-state index contributed by atoms with van der Waals surface area (Å²) in [6.07, 6.45) is 0. The molecule has 1 heterocycles. The minimum atomic E-state index is -0.220. The molecular formula is C55H39B. The summed E-state index contributed by atoms with van der Waals surface area (Å²) in [5.74, 6) is 0. The molecule has 0 aliphatic carbocycles. The Hall–Kier alpha value is -6.70. The van der Waals surface area contributed by atoms with Gasteiger partial charge in [-0.05, 0) is 94.0 Å². The van der Waals surface area contributed by atoms with Crippen molar-refractivity contribution in [3.8, 4) is 44.5 Å². The van der Waals surface area contributed by atoms with Gasteiger partial charge in [0.25, 0.3) is 0 Å². The summed E-state index contributed by atoms with van der Waals surface area (Å²) in [5, 5.41) is 7.98. The molecular weight excluding hydrogens is 671 g/mol. The fourth-order valence-electron chi connectivity index (χ4n) is 10.0. The van der Waals surface area contributed by atoms with Crippen molar-refractivity contribution < 1.29 is 0 Å². The highest BCUT2D eigenvalue weighted by Crippen LogP contribution is 2.49. The second-order valence-electron chi connectivity index (χ2n) is 15.9. The van der Waals surface area contributed by atoms with Crippen LogP contribution in [-0.2, 0) is 5.41 Å². The van der Waals surface area contributed by atoms with Crippen molar-refractivity contribution in [3.63, 3.8) is 0 Å². The fraction of sp³-hybridized carbons (Fsp3) is 0.0545. The lowest BCUT2D eigenvalue weighted by atomic mass is 9.35. The Morgan fingerprint density at radius 1 is 0.339 bits per heavy atom. The van der Waals surface area contributed by atoms with Crippen LogP contribution in [0, 0.1) is 0 Å². The Morgan fingerprint density at radius 3 is 1.50 bits per heavy atom. The second kappa shape index (κ2) is 12.7. The molecule has 10 aromatic carbocycles. The molecule has 0 N–H and O–H groups in total. The van der Waals surface area contributed by atoms with Crippen LogP contribution >= 0.6 is 0 Å². The van der Waals surface area contributed by atoms with Gasteiger partial charge in [0.2, 0.25) is 6.71 Å². The Kier molecular flexibility index (Phi) is 7.41. The topological polar surface area (TPSA) is 0 Å². The number of benzene rings is 10. The molecule has 11 rings (SSSR count). The van der Waals surface area contributed by atoms with E-state index in [0.29, 0.717) is 0 Å². The molecule has 0 radical (unpaired) electrons. The Labute approximate surface area is 329 Å². The Morgan fingerprint density at radius 2 is 0.857 bits per heavy atom. The summed E-state index contributed by atoms with van der Waals surface area (Å²) in [5.41, 5.74) is 16.6. The van der Waals surface area contributed by atoms with E-state index in [2.05, 4.69) is 214 Å². The van der Waals surface area contributed by atoms with Gasteiger partial charge in [-0.2, -0.15) is 0 Å². The standard InChI is InChI=1S/C55H39B/c1-55(2)48-28-16-17-29-50(48)56(39-22-10-5-11-23-39)51-35-47-46(43-27-15-13-25-41(43)37-20-8-4-9-21-37)34-45(42-26-14-12-24-40(42)36-18-6-3-7-19-36)44-32-30-38-31-33-49(55)54(51)52(38)53(44)47/h3-35H,1-2H3. The largest absolute Gasteiger partial charge is 0.242 e. The molecule has 1 aliphatic rings. The molecule has 0 fully saturated rings. The second-order valence-corrected chi connectivity index (χ2v) is 15.9. The van der Waals surface area contributed by atoms with Crippen LogP contribution in [0.5, 0.6) is 0 Å². The van der Waals surface area contributed by atoms with Crippen molar-refractivity contribution in [2.24, 2.45) is 0 Å². The van der Waals surface area contributed by atoms with Gasteiger partial charge in [-0.15, -0.1) is 0 Å². The minimum Gasteiger partial charge on any atom is -0.0686 e. The van der Waals surface area contributed by atoms with Crippen LogP contribution in [0.25, 0.3) is 76.8 Å². The van der Waals surface area contributed by atoms with E-state index in [1.807, 2.05) is 0 Å². The van der Waals surface area contributed by atoms with Crippen LogP contribution in [0.15, 0.2) is 200 Å². The van der Waals surface area contributed by atoms with E-state index < -0.39 is 0 Å². The van der Waals surface area contributed by atoms with Crippen LogP contribution < -0.4 is 16.4 Å². The first-order chi connectivity index (χ1) is 27.6. The summed E-state index contributed by atoms with van der Waals surface area (Å²) < 4.78 is 0. The van der Waals surface area contributed by atoms with E-state index in [-0.39, 0.29) is 12.1 Å². The lowest BCUT2D eigenvalue weighted by Crippen LogP contribution is -2.53. The average molecular weight is 711 g/mol. The van der Waals surface area contributed by atoms with Gasteiger partial charge >= 0.3 is 0 Å². The predicted octanol–water partition coefficient (Wildman–Crippen LogP) is 12.4. The summed E-state index contributed by atoms with van der Waals surface area (Å²) in [4.78, 5) is 0. The van der Waals surface area contributed by atoms with Gasteiger partial charge in [0.15, 0.2) is 0 Å². The zero-order chi connectivity index (χ0) is 37.4. The molecule has 0 unspecified atom stereocenters. The number of rotatable bonds is 5. The Bertz CT molecular complexity index is 3090. The van der Waals surface area contributed by atoms with Crippen molar-refractivity contribution in [3.05, 3.63) is 211 Å². The third kappa shape index (κ3) is 4.87. The van der Waals surface area contributed by atoms with Gasteiger partial charge in [-0.3, -0.25) is 0 Å². The zero-order valence-electron chi connectivity index (χ0n) is 31.6.